The van der Waals surface area contributed by atoms with Crippen molar-refractivity contribution in [2.24, 2.45) is 11.3 Å². The van der Waals surface area contributed by atoms with E-state index in [0.29, 0.717) is 11.5 Å². The summed E-state index contributed by atoms with van der Waals surface area (Å²) >= 11 is 0. The molecule has 1 fully saturated rings. The quantitative estimate of drug-likeness (QED) is 0.854. The van der Waals surface area contributed by atoms with E-state index in [1.54, 1.807) is 0 Å². The Kier molecular flexibility index (Phi) is 2.87. The van der Waals surface area contributed by atoms with Crippen LogP contribution in [0.4, 0.5) is 5.82 Å². The molecule has 0 aromatic carbocycles. The summed E-state index contributed by atoms with van der Waals surface area (Å²) in [6, 6.07) is 0.692. The molecule has 100 valence electrons. The first-order valence-corrected chi connectivity index (χ1v) is 7.43. The number of H-pyrrole nitrogens is 1. The van der Waals surface area contributed by atoms with Crippen molar-refractivity contribution < 1.29 is 0 Å². The molecule has 1 aromatic heterocycles. The lowest BCUT2D eigenvalue weighted by molar-refractivity contribution is 0.183. The average Bonchev–Trinajstić information content (AvgIpc) is 3.10. The molecule has 0 bridgehead atoms. The van der Waals surface area contributed by atoms with Gasteiger partial charge in [0.1, 0.15) is 0 Å². The lowest BCUT2D eigenvalue weighted by Crippen LogP contribution is -2.29. The van der Waals surface area contributed by atoms with Crippen LogP contribution >= 0.6 is 0 Å². The SMILES string of the molecule is CCC(C)(C)C1CCc2[nH]nc(NC3CC3)c2C1. The van der Waals surface area contributed by atoms with Gasteiger partial charge in [-0.3, -0.25) is 5.10 Å². The minimum absolute atomic E-state index is 0.450. The molecule has 3 rings (SSSR count). The molecular formula is C15H25N3. The second-order valence-corrected chi connectivity index (χ2v) is 6.73. The van der Waals surface area contributed by atoms with Crippen LogP contribution < -0.4 is 5.32 Å². The van der Waals surface area contributed by atoms with E-state index in [1.165, 1.54) is 49.8 Å². The first-order valence-electron chi connectivity index (χ1n) is 7.43. The Bertz CT molecular complexity index is 429. The van der Waals surface area contributed by atoms with E-state index in [2.05, 4.69) is 36.3 Å². The van der Waals surface area contributed by atoms with Crippen LogP contribution in [0.2, 0.25) is 0 Å². The van der Waals surface area contributed by atoms with E-state index in [9.17, 15) is 0 Å². The number of nitrogens with zero attached hydrogens (tertiary/aromatic N) is 1. The maximum atomic E-state index is 4.48. The van der Waals surface area contributed by atoms with Crippen LogP contribution in [0.1, 0.15) is 57.7 Å². The third-order valence-electron chi connectivity index (χ3n) is 5.08. The van der Waals surface area contributed by atoms with Gasteiger partial charge in [-0.05, 0) is 43.4 Å². The van der Waals surface area contributed by atoms with Crippen LogP contribution in [-0.4, -0.2) is 16.2 Å². The van der Waals surface area contributed by atoms with Crippen LogP contribution in [-0.2, 0) is 12.8 Å². The number of anilines is 1. The van der Waals surface area contributed by atoms with Gasteiger partial charge in [0.25, 0.3) is 0 Å². The normalized spacial score (nSPS) is 23.8. The number of aromatic amines is 1. The molecular weight excluding hydrogens is 222 g/mol. The molecule has 0 spiro atoms. The Morgan fingerprint density at radius 3 is 2.78 bits per heavy atom. The highest BCUT2D eigenvalue weighted by Gasteiger charge is 2.34. The fourth-order valence-corrected chi connectivity index (χ4v) is 2.99. The van der Waals surface area contributed by atoms with Gasteiger partial charge in [0, 0.05) is 17.3 Å². The molecule has 1 atom stereocenters. The van der Waals surface area contributed by atoms with Crippen LogP contribution in [0.15, 0.2) is 0 Å². The standard InChI is InChI=1S/C15H25N3/c1-4-15(2,3)10-5-8-13-12(9-10)14(18-17-13)16-11-6-7-11/h10-11H,4-9H2,1-3H3,(H2,16,17,18). The van der Waals surface area contributed by atoms with Crippen molar-refractivity contribution in [2.45, 2.75) is 65.3 Å². The first-order chi connectivity index (χ1) is 8.60. The van der Waals surface area contributed by atoms with Crippen LogP contribution in [0.5, 0.6) is 0 Å². The Morgan fingerprint density at radius 2 is 2.11 bits per heavy atom. The maximum absolute atomic E-state index is 4.48. The maximum Gasteiger partial charge on any atom is 0.151 e. The van der Waals surface area contributed by atoms with Gasteiger partial charge < -0.3 is 5.32 Å². The highest BCUT2D eigenvalue weighted by atomic mass is 15.2. The van der Waals surface area contributed by atoms with Crippen molar-refractivity contribution in [1.82, 2.24) is 10.2 Å². The fraction of sp³-hybridized carbons (Fsp3) is 0.800. The zero-order valence-electron chi connectivity index (χ0n) is 11.8. The van der Waals surface area contributed by atoms with Gasteiger partial charge in [-0.15, -0.1) is 0 Å². The minimum Gasteiger partial charge on any atom is -0.366 e. The largest absolute Gasteiger partial charge is 0.366 e. The van der Waals surface area contributed by atoms with Crippen molar-refractivity contribution in [1.29, 1.82) is 0 Å². The molecule has 1 heterocycles. The Labute approximate surface area is 110 Å². The van der Waals surface area contributed by atoms with Gasteiger partial charge in [0.05, 0.1) is 0 Å². The molecule has 0 amide bonds. The van der Waals surface area contributed by atoms with E-state index in [1.807, 2.05) is 0 Å². The Hall–Kier alpha value is -0.990. The number of fused-ring (bicyclic) bond motifs is 1. The molecule has 0 radical (unpaired) electrons. The van der Waals surface area contributed by atoms with E-state index >= 15 is 0 Å². The second kappa shape index (κ2) is 4.29. The van der Waals surface area contributed by atoms with Gasteiger partial charge in [-0.2, -0.15) is 5.10 Å². The molecule has 0 aliphatic heterocycles. The number of nitrogens with one attached hydrogen (secondary N) is 2. The van der Waals surface area contributed by atoms with E-state index in [4.69, 9.17) is 0 Å². The molecule has 3 heteroatoms. The van der Waals surface area contributed by atoms with Crippen molar-refractivity contribution in [3.8, 4) is 0 Å². The number of aryl methyl sites for hydroxylation is 1. The predicted molar refractivity (Wildman–Crippen MR) is 74.8 cm³/mol. The van der Waals surface area contributed by atoms with E-state index in [-0.39, 0.29) is 0 Å². The first kappa shape index (κ1) is 12.1. The zero-order chi connectivity index (χ0) is 12.8. The van der Waals surface area contributed by atoms with E-state index < -0.39 is 0 Å². The molecule has 18 heavy (non-hydrogen) atoms. The topological polar surface area (TPSA) is 40.7 Å². The summed E-state index contributed by atoms with van der Waals surface area (Å²) in [7, 11) is 0. The second-order valence-electron chi connectivity index (χ2n) is 6.73. The highest BCUT2D eigenvalue weighted by molar-refractivity contribution is 5.49. The summed E-state index contributed by atoms with van der Waals surface area (Å²) in [6.45, 7) is 7.14. The number of hydrogen-bond donors (Lipinski definition) is 2. The lowest BCUT2D eigenvalue weighted by Gasteiger charge is -2.36. The molecule has 0 saturated heterocycles. The molecule has 3 nitrogen and oxygen atoms in total. The molecule has 1 unspecified atom stereocenters. The molecule has 2 aliphatic carbocycles. The monoisotopic (exact) mass is 247 g/mol. The van der Waals surface area contributed by atoms with Crippen molar-refractivity contribution in [3.63, 3.8) is 0 Å². The number of aromatic nitrogens is 2. The number of rotatable bonds is 4. The Morgan fingerprint density at radius 1 is 1.33 bits per heavy atom. The number of hydrogen-bond acceptors (Lipinski definition) is 2. The summed E-state index contributed by atoms with van der Waals surface area (Å²) in [5, 5.41) is 11.3. The Balaban J connectivity index is 1.79. The van der Waals surface area contributed by atoms with Crippen molar-refractivity contribution in [2.75, 3.05) is 5.32 Å². The zero-order valence-corrected chi connectivity index (χ0v) is 11.8. The third-order valence-corrected chi connectivity index (χ3v) is 5.08. The van der Waals surface area contributed by atoms with Gasteiger partial charge in [0.2, 0.25) is 0 Å². The predicted octanol–water partition coefficient (Wildman–Crippen LogP) is 3.53. The van der Waals surface area contributed by atoms with Crippen molar-refractivity contribution in [3.05, 3.63) is 11.3 Å². The summed E-state index contributed by atoms with van der Waals surface area (Å²) in [6.07, 6.45) is 7.55. The molecule has 2 N–H and O–H groups in total. The smallest absolute Gasteiger partial charge is 0.151 e. The van der Waals surface area contributed by atoms with Crippen LogP contribution in [0.25, 0.3) is 0 Å². The van der Waals surface area contributed by atoms with Gasteiger partial charge in [-0.25, -0.2) is 0 Å². The van der Waals surface area contributed by atoms with E-state index in [0.717, 1.165) is 11.7 Å². The van der Waals surface area contributed by atoms with Crippen LogP contribution in [0.3, 0.4) is 0 Å². The van der Waals surface area contributed by atoms with Gasteiger partial charge in [0.15, 0.2) is 5.82 Å². The average molecular weight is 247 g/mol. The van der Waals surface area contributed by atoms with Gasteiger partial charge in [-0.1, -0.05) is 27.2 Å². The van der Waals surface area contributed by atoms with Crippen molar-refractivity contribution >= 4 is 5.82 Å². The lowest BCUT2D eigenvalue weighted by atomic mass is 9.69. The minimum atomic E-state index is 0.450. The summed E-state index contributed by atoms with van der Waals surface area (Å²) in [5.74, 6) is 1.94. The third kappa shape index (κ3) is 2.15. The summed E-state index contributed by atoms with van der Waals surface area (Å²) in [4.78, 5) is 0. The van der Waals surface area contributed by atoms with Crippen LogP contribution in [0, 0.1) is 11.3 Å². The molecule has 1 aromatic rings. The van der Waals surface area contributed by atoms with Gasteiger partial charge >= 0.3 is 0 Å². The fourth-order valence-electron chi connectivity index (χ4n) is 2.99. The summed E-state index contributed by atoms with van der Waals surface area (Å²) < 4.78 is 0. The molecule has 1 saturated carbocycles. The molecule has 2 aliphatic rings. The summed E-state index contributed by atoms with van der Waals surface area (Å²) in [5.41, 5.74) is 3.30. The highest BCUT2D eigenvalue weighted by Crippen LogP contribution is 2.41.